The zero-order chi connectivity index (χ0) is 22.9. The molecule has 10 heteroatoms. The number of imidazole rings is 1. The van der Waals surface area contributed by atoms with Gasteiger partial charge < -0.3 is 9.67 Å². The van der Waals surface area contributed by atoms with E-state index in [9.17, 15) is 13.9 Å². The van der Waals surface area contributed by atoms with E-state index < -0.39 is 23.6 Å². The predicted octanol–water partition coefficient (Wildman–Crippen LogP) is 2.76. The quantitative estimate of drug-likeness (QED) is 0.603. The molecule has 4 atom stereocenters. The first kappa shape index (κ1) is 22.2. The van der Waals surface area contributed by atoms with Gasteiger partial charge in [-0.25, -0.2) is 18.7 Å². The van der Waals surface area contributed by atoms with Gasteiger partial charge in [-0.3, -0.25) is 0 Å². The summed E-state index contributed by atoms with van der Waals surface area (Å²) < 4.78 is 31.1. The Morgan fingerprint density at radius 2 is 2.12 bits per heavy atom. The molecule has 164 valence electrons. The summed E-state index contributed by atoms with van der Waals surface area (Å²) in [5.41, 5.74) is 2.05. The van der Waals surface area contributed by atoms with E-state index in [1.165, 1.54) is 6.20 Å². The van der Waals surface area contributed by atoms with Crippen LogP contribution in [0.15, 0.2) is 49.7 Å². The first-order chi connectivity index (χ1) is 15.3. The summed E-state index contributed by atoms with van der Waals surface area (Å²) in [7, 11) is 3.89. The molecule has 0 aliphatic heterocycles. The molecule has 1 N–H and O–H groups in total. The van der Waals surface area contributed by atoms with Gasteiger partial charge in [0.05, 0.1) is 18.2 Å². The molecule has 6 nitrogen and oxygen atoms in total. The number of aromatic nitrogens is 5. The molecule has 32 heavy (non-hydrogen) atoms. The second kappa shape index (κ2) is 8.84. The Labute approximate surface area is 187 Å². The fourth-order valence-electron chi connectivity index (χ4n) is 4.60. The highest BCUT2D eigenvalue weighted by Crippen LogP contribution is 2.51. The van der Waals surface area contributed by atoms with E-state index in [1.54, 1.807) is 35.4 Å². The SMILES string of the molecule is BCC[C@@]1(B)C[C@@H](C(=C)c2ncc(-c3ccc(-n4ccnc4)cc3O)nn2)[C@H](F)CC1F. The van der Waals surface area contributed by atoms with Crippen LogP contribution in [0.25, 0.3) is 22.5 Å². The Morgan fingerprint density at radius 1 is 1.31 bits per heavy atom. The molecule has 4 rings (SSSR count). The van der Waals surface area contributed by atoms with Crippen LogP contribution >= 0.6 is 0 Å². The van der Waals surface area contributed by atoms with Crippen LogP contribution in [0.3, 0.4) is 0 Å². The molecule has 1 saturated carbocycles. The third-order valence-corrected chi connectivity index (χ3v) is 6.49. The van der Waals surface area contributed by atoms with Crippen LogP contribution in [-0.2, 0) is 0 Å². The van der Waals surface area contributed by atoms with Gasteiger partial charge in [0.15, 0.2) is 5.82 Å². The lowest BCUT2D eigenvalue weighted by molar-refractivity contribution is 0.0835. The van der Waals surface area contributed by atoms with Crippen LogP contribution in [0.2, 0.25) is 11.6 Å². The molecule has 1 fully saturated rings. The van der Waals surface area contributed by atoms with Crippen molar-refractivity contribution in [2.45, 2.75) is 43.2 Å². The van der Waals surface area contributed by atoms with Gasteiger partial charge in [0, 0.05) is 36.4 Å². The Balaban J connectivity index is 1.54. The van der Waals surface area contributed by atoms with E-state index in [0.29, 0.717) is 29.7 Å². The van der Waals surface area contributed by atoms with Gasteiger partial charge in [-0.15, -0.1) is 10.2 Å². The number of hydrogen-bond donors (Lipinski definition) is 1. The maximum atomic E-state index is 14.8. The fraction of sp³-hybridized carbons (Fsp3) is 0.364. The predicted molar refractivity (Wildman–Crippen MR) is 125 cm³/mol. The summed E-state index contributed by atoms with van der Waals surface area (Å²) in [6.45, 7) is 4.02. The minimum atomic E-state index is -1.33. The molecule has 0 saturated heterocycles. The molecule has 1 unspecified atom stereocenters. The molecule has 1 aliphatic rings. The highest BCUT2D eigenvalue weighted by Gasteiger charge is 2.46. The maximum absolute atomic E-state index is 14.8. The number of rotatable bonds is 6. The second-order valence-electron chi connectivity index (χ2n) is 8.80. The Kier molecular flexibility index (Phi) is 6.13. The van der Waals surface area contributed by atoms with Crippen LogP contribution in [0.5, 0.6) is 5.75 Å². The number of nitrogens with zero attached hydrogens (tertiary/aromatic N) is 5. The molecule has 0 bridgehead atoms. The van der Waals surface area contributed by atoms with Crippen molar-refractivity contribution in [1.82, 2.24) is 24.7 Å². The number of aromatic hydroxyl groups is 1. The van der Waals surface area contributed by atoms with Crippen molar-refractivity contribution >= 4 is 21.3 Å². The third kappa shape index (κ3) is 4.18. The number of allylic oxidation sites excluding steroid dienone is 1. The molecule has 3 aromatic rings. The van der Waals surface area contributed by atoms with Crippen LogP contribution < -0.4 is 0 Å². The van der Waals surface area contributed by atoms with Crippen LogP contribution in [0.4, 0.5) is 8.78 Å². The van der Waals surface area contributed by atoms with Crippen molar-refractivity contribution in [1.29, 1.82) is 0 Å². The fourth-order valence-corrected chi connectivity index (χ4v) is 4.60. The number of phenolic OH excluding ortho intramolecular Hbond substituents is 1. The molecule has 1 aromatic carbocycles. The lowest BCUT2D eigenvalue weighted by Crippen LogP contribution is -2.40. The highest BCUT2D eigenvalue weighted by atomic mass is 19.1. The first-order valence-corrected chi connectivity index (χ1v) is 10.8. The Bertz CT molecular complexity index is 1100. The summed E-state index contributed by atoms with van der Waals surface area (Å²) >= 11 is 0. The zero-order valence-corrected chi connectivity index (χ0v) is 18.2. The first-order valence-electron chi connectivity index (χ1n) is 10.8. The minimum Gasteiger partial charge on any atom is -0.507 e. The van der Waals surface area contributed by atoms with Gasteiger partial charge in [0.2, 0.25) is 0 Å². The van der Waals surface area contributed by atoms with Crippen molar-refractivity contribution in [3.05, 3.63) is 55.5 Å². The molecule has 0 spiro atoms. The van der Waals surface area contributed by atoms with E-state index in [4.69, 9.17) is 0 Å². The van der Waals surface area contributed by atoms with Gasteiger partial charge in [-0.1, -0.05) is 19.3 Å². The highest BCUT2D eigenvalue weighted by molar-refractivity contribution is 6.17. The normalized spacial score (nSPS) is 25.5. The standard InChI is InChI=1S/C22H25B2F2N5O/c1-13(16-10-22(24,4-5-23)20(26)9-17(16)25)21-28-11-18(29-30-21)15-3-2-14(8-19(15)32)31-7-6-27-12-31/h2-3,6-8,11-12,16-17,20,32H,1,4-5,9-10,23-24H2/t16-,17+,20?,22+/m0/s1. The monoisotopic (exact) mass is 435 g/mol. The van der Waals surface area contributed by atoms with E-state index >= 15 is 0 Å². The number of phenols is 1. The largest absolute Gasteiger partial charge is 0.507 e. The van der Waals surface area contributed by atoms with Crippen molar-refractivity contribution in [2.75, 3.05) is 0 Å². The molecular weight excluding hydrogens is 410 g/mol. The Hall–Kier alpha value is -3.03. The topological polar surface area (TPSA) is 76.7 Å². The lowest BCUT2D eigenvalue weighted by atomic mass is 9.53. The van der Waals surface area contributed by atoms with Gasteiger partial charge >= 0.3 is 0 Å². The molecule has 0 amide bonds. The summed E-state index contributed by atoms with van der Waals surface area (Å²) in [4.78, 5) is 8.33. The van der Waals surface area contributed by atoms with Gasteiger partial charge in [-0.05, 0) is 29.4 Å². The molecule has 0 radical (unpaired) electrons. The number of hydrogen-bond acceptors (Lipinski definition) is 5. The van der Waals surface area contributed by atoms with Crippen LogP contribution in [0, 0.1) is 5.92 Å². The van der Waals surface area contributed by atoms with E-state index in [2.05, 4.69) is 26.7 Å². The van der Waals surface area contributed by atoms with Crippen molar-refractivity contribution in [3.63, 3.8) is 0 Å². The van der Waals surface area contributed by atoms with Crippen molar-refractivity contribution < 1.29 is 13.9 Å². The van der Waals surface area contributed by atoms with Crippen LogP contribution in [0.1, 0.15) is 25.1 Å². The van der Waals surface area contributed by atoms with E-state index in [-0.39, 0.29) is 18.0 Å². The van der Waals surface area contributed by atoms with Crippen molar-refractivity contribution in [3.8, 4) is 22.7 Å². The zero-order valence-electron chi connectivity index (χ0n) is 18.2. The van der Waals surface area contributed by atoms with Crippen LogP contribution in [-0.4, -0.2) is 57.9 Å². The van der Waals surface area contributed by atoms with Gasteiger partial charge in [-0.2, -0.15) is 0 Å². The number of alkyl halides is 2. The number of halogens is 2. The maximum Gasteiger partial charge on any atom is 0.177 e. The molecule has 1 aliphatic carbocycles. The number of benzene rings is 1. The molecular formula is C22H25B2F2N5O. The summed E-state index contributed by atoms with van der Waals surface area (Å²) in [5, 5.41) is 18.2. The van der Waals surface area contributed by atoms with Gasteiger partial charge in [0.1, 0.15) is 39.5 Å². The Morgan fingerprint density at radius 3 is 2.75 bits per heavy atom. The van der Waals surface area contributed by atoms with E-state index in [1.807, 2.05) is 21.8 Å². The lowest BCUT2D eigenvalue weighted by Gasteiger charge is -2.43. The third-order valence-electron chi connectivity index (χ3n) is 6.49. The van der Waals surface area contributed by atoms with Crippen molar-refractivity contribution in [2.24, 2.45) is 5.92 Å². The average Bonchev–Trinajstić information content (AvgIpc) is 3.31. The summed E-state index contributed by atoms with van der Waals surface area (Å²) in [5.74, 6) is -0.277. The summed E-state index contributed by atoms with van der Waals surface area (Å²) in [6, 6.07) is 5.15. The molecule has 2 aromatic heterocycles. The minimum absolute atomic E-state index is 0.0271. The van der Waals surface area contributed by atoms with E-state index in [0.717, 1.165) is 12.0 Å². The average molecular weight is 435 g/mol. The smallest absolute Gasteiger partial charge is 0.177 e. The second-order valence-corrected chi connectivity index (χ2v) is 8.80. The van der Waals surface area contributed by atoms with Gasteiger partial charge in [0.25, 0.3) is 0 Å². The summed E-state index contributed by atoms with van der Waals surface area (Å²) in [6.07, 6.45) is 5.80. The molecule has 2 heterocycles.